The van der Waals surface area contributed by atoms with Crippen LogP contribution in [0.5, 0.6) is 5.75 Å². The summed E-state index contributed by atoms with van der Waals surface area (Å²) in [6, 6.07) is 6.23. The zero-order valence-corrected chi connectivity index (χ0v) is 16.7. The first-order valence-electron chi connectivity index (χ1n) is 9.68. The first-order valence-corrected chi connectivity index (χ1v) is 9.68. The summed E-state index contributed by atoms with van der Waals surface area (Å²) in [5.41, 5.74) is -0.489. The highest BCUT2D eigenvalue weighted by Gasteiger charge is 2.36. The second-order valence-electron chi connectivity index (χ2n) is 7.16. The van der Waals surface area contributed by atoms with Crippen molar-refractivity contribution in [2.75, 3.05) is 19.7 Å². The van der Waals surface area contributed by atoms with Gasteiger partial charge in [0, 0.05) is 37.7 Å². The highest BCUT2D eigenvalue weighted by atomic mass is 19.4. The van der Waals surface area contributed by atoms with Crippen LogP contribution in [0.2, 0.25) is 0 Å². The largest absolute Gasteiger partial charge is 0.489 e. The number of hydrogen-bond donors (Lipinski definition) is 0. The molecule has 1 fully saturated rings. The van der Waals surface area contributed by atoms with Gasteiger partial charge in [-0.15, -0.1) is 0 Å². The van der Waals surface area contributed by atoms with Crippen molar-refractivity contribution >= 4 is 12.2 Å². The molecular formula is C22H19F5N2O3. The van der Waals surface area contributed by atoms with E-state index < -0.39 is 42.2 Å². The number of pyridine rings is 1. The van der Waals surface area contributed by atoms with Crippen LogP contribution < -0.4 is 4.74 Å². The van der Waals surface area contributed by atoms with E-state index in [1.807, 2.05) is 0 Å². The smallest absolute Gasteiger partial charge is 0.419 e. The number of carbonyl (C=O) groups excluding carboxylic acids is 2. The number of ether oxygens (including phenoxy) is 1. The number of carbonyl (C=O) groups is 2. The van der Waals surface area contributed by atoms with Gasteiger partial charge >= 0.3 is 6.18 Å². The summed E-state index contributed by atoms with van der Waals surface area (Å²) in [5.74, 6) is -3.64. The second kappa shape index (κ2) is 9.46. The Hall–Kier alpha value is -3.30. The number of allylic oxidation sites excluding steroid dienone is 1. The van der Waals surface area contributed by atoms with Crippen LogP contribution in [0.15, 0.2) is 48.7 Å². The van der Waals surface area contributed by atoms with Gasteiger partial charge in [0.1, 0.15) is 18.6 Å². The fourth-order valence-electron chi connectivity index (χ4n) is 3.20. The maximum Gasteiger partial charge on any atom is 0.419 e. The average Bonchev–Trinajstić information content (AvgIpc) is 2.76. The Labute approximate surface area is 180 Å². The maximum atomic E-state index is 13.5. The Morgan fingerprint density at radius 2 is 1.88 bits per heavy atom. The van der Waals surface area contributed by atoms with E-state index in [4.69, 9.17) is 4.74 Å². The third kappa shape index (κ3) is 5.68. The fraction of sp³-hybridized carbons (Fsp3) is 0.318. The van der Waals surface area contributed by atoms with Crippen molar-refractivity contribution in [1.29, 1.82) is 0 Å². The van der Waals surface area contributed by atoms with Crippen molar-refractivity contribution in [2.24, 2.45) is 0 Å². The number of piperidine rings is 1. The minimum absolute atomic E-state index is 0.0774. The summed E-state index contributed by atoms with van der Waals surface area (Å²) in [6.45, 7) is -0.364. The molecule has 1 amide bonds. The second-order valence-corrected chi connectivity index (χ2v) is 7.16. The van der Waals surface area contributed by atoms with Gasteiger partial charge in [0.15, 0.2) is 0 Å². The van der Waals surface area contributed by atoms with Gasteiger partial charge in [0.25, 0.3) is 11.8 Å². The lowest BCUT2D eigenvalue weighted by Gasteiger charge is -2.31. The van der Waals surface area contributed by atoms with Crippen LogP contribution in [0.1, 0.15) is 28.8 Å². The molecule has 1 aliphatic rings. The third-order valence-electron chi connectivity index (χ3n) is 4.92. The summed E-state index contributed by atoms with van der Waals surface area (Å²) in [5, 5.41) is 0. The number of amides is 1. The van der Waals surface area contributed by atoms with Crippen LogP contribution >= 0.6 is 0 Å². The van der Waals surface area contributed by atoms with E-state index in [0.717, 1.165) is 18.2 Å². The van der Waals surface area contributed by atoms with Gasteiger partial charge in [0.05, 0.1) is 16.8 Å². The van der Waals surface area contributed by atoms with E-state index >= 15 is 0 Å². The molecule has 1 aliphatic heterocycles. The van der Waals surface area contributed by atoms with Gasteiger partial charge in [-0.3, -0.25) is 14.6 Å². The normalized spacial score (nSPS) is 16.2. The van der Waals surface area contributed by atoms with Crippen LogP contribution in [0.4, 0.5) is 22.0 Å². The van der Waals surface area contributed by atoms with E-state index in [-0.39, 0.29) is 36.5 Å². The number of aldehydes is 1. The lowest BCUT2D eigenvalue weighted by atomic mass is 10.0. The van der Waals surface area contributed by atoms with Crippen LogP contribution in [0, 0.1) is 0 Å². The Morgan fingerprint density at radius 3 is 2.47 bits per heavy atom. The van der Waals surface area contributed by atoms with E-state index in [2.05, 4.69) is 4.98 Å². The molecular weight excluding hydrogens is 435 g/mol. The van der Waals surface area contributed by atoms with E-state index in [1.54, 1.807) is 0 Å². The van der Waals surface area contributed by atoms with Gasteiger partial charge in [0.2, 0.25) is 0 Å². The van der Waals surface area contributed by atoms with Gasteiger partial charge < -0.3 is 9.64 Å². The summed E-state index contributed by atoms with van der Waals surface area (Å²) < 4.78 is 72.1. The number of likely N-dealkylation sites (tertiary alicyclic amines) is 1. The van der Waals surface area contributed by atoms with E-state index in [0.29, 0.717) is 6.29 Å². The molecule has 0 bridgehead atoms. The summed E-state index contributed by atoms with van der Waals surface area (Å²) in [7, 11) is 0. The third-order valence-corrected chi connectivity index (χ3v) is 4.92. The zero-order valence-electron chi connectivity index (χ0n) is 16.7. The number of halogens is 5. The molecule has 0 atom stereocenters. The average molecular weight is 454 g/mol. The van der Waals surface area contributed by atoms with Crippen LogP contribution in [0.3, 0.4) is 0 Å². The highest BCUT2D eigenvalue weighted by molar-refractivity contribution is 5.94. The molecule has 0 N–H and O–H groups in total. The molecule has 170 valence electrons. The Bertz CT molecular complexity index is 994. The molecule has 1 saturated heterocycles. The maximum absolute atomic E-state index is 13.5. The van der Waals surface area contributed by atoms with Crippen molar-refractivity contribution < 1.29 is 36.3 Å². The molecule has 5 nitrogen and oxygen atoms in total. The molecule has 0 aliphatic carbocycles. The minimum atomic E-state index is -4.69. The molecule has 32 heavy (non-hydrogen) atoms. The van der Waals surface area contributed by atoms with Crippen molar-refractivity contribution in [3.05, 3.63) is 59.8 Å². The minimum Gasteiger partial charge on any atom is -0.489 e. The van der Waals surface area contributed by atoms with Crippen molar-refractivity contribution in [2.45, 2.75) is 24.9 Å². The van der Waals surface area contributed by atoms with Gasteiger partial charge in [-0.1, -0.05) is 0 Å². The molecule has 0 saturated carbocycles. The molecule has 2 heterocycles. The van der Waals surface area contributed by atoms with Crippen LogP contribution in [-0.4, -0.2) is 47.7 Å². The van der Waals surface area contributed by atoms with E-state index in [9.17, 15) is 31.5 Å². The predicted molar refractivity (Wildman–Crippen MR) is 105 cm³/mol. The lowest BCUT2D eigenvalue weighted by Crippen LogP contribution is -2.42. The monoisotopic (exact) mass is 454 g/mol. The topological polar surface area (TPSA) is 59.5 Å². The summed E-state index contributed by atoms with van der Waals surface area (Å²) in [6.07, 6.45) is -1.42. The number of rotatable bonds is 6. The Morgan fingerprint density at radius 1 is 1.16 bits per heavy atom. The number of nitrogens with zero attached hydrogens (tertiary/aromatic N) is 2. The molecule has 10 heteroatoms. The van der Waals surface area contributed by atoms with Crippen LogP contribution in [0.25, 0.3) is 11.3 Å². The molecule has 0 spiro atoms. The van der Waals surface area contributed by atoms with Crippen molar-refractivity contribution in [1.82, 2.24) is 9.88 Å². The zero-order chi connectivity index (χ0) is 23.4. The number of aromatic nitrogens is 1. The molecule has 0 unspecified atom stereocenters. The van der Waals surface area contributed by atoms with Crippen molar-refractivity contribution in [3.63, 3.8) is 0 Å². The molecule has 2 aromatic rings. The lowest BCUT2D eigenvalue weighted by molar-refractivity contribution is -0.138. The molecule has 1 aromatic carbocycles. The summed E-state index contributed by atoms with van der Waals surface area (Å²) in [4.78, 5) is 28.1. The number of hydrogen-bond acceptors (Lipinski definition) is 4. The molecule has 3 rings (SSSR count). The standard InChI is InChI=1S/C22H19F5N2O3/c23-21(24)7-9-29(10-8-21)20(31)16-3-5-18(28-14-16)15-4-6-19(32-12-2-1-11-30)17(13-15)22(25,26)27/h1-6,11,13-14H,7-10,12H2/b2-1-. The van der Waals surface area contributed by atoms with Crippen LogP contribution in [-0.2, 0) is 11.0 Å². The first kappa shape index (κ1) is 23.4. The number of benzene rings is 1. The van der Waals surface area contributed by atoms with Gasteiger partial charge in [-0.2, -0.15) is 13.2 Å². The van der Waals surface area contributed by atoms with E-state index in [1.165, 1.54) is 35.4 Å². The number of alkyl halides is 5. The Kier molecular flexibility index (Phi) is 6.90. The quantitative estimate of drug-likeness (QED) is 0.358. The van der Waals surface area contributed by atoms with Gasteiger partial charge in [-0.25, -0.2) is 8.78 Å². The summed E-state index contributed by atoms with van der Waals surface area (Å²) >= 11 is 0. The SMILES string of the molecule is O=C/C=C\COc1ccc(-c2ccc(C(=O)N3CCC(F)(F)CC3)cn2)cc1C(F)(F)F. The fourth-order valence-corrected chi connectivity index (χ4v) is 3.20. The van der Waals surface area contributed by atoms with Crippen molar-refractivity contribution in [3.8, 4) is 17.0 Å². The molecule has 1 aromatic heterocycles. The molecule has 0 radical (unpaired) electrons. The predicted octanol–water partition coefficient (Wildman–Crippen LogP) is 4.77. The van der Waals surface area contributed by atoms with Gasteiger partial charge in [-0.05, 0) is 42.5 Å². The Balaban J connectivity index is 1.78. The first-order chi connectivity index (χ1) is 15.1. The highest BCUT2D eigenvalue weighted by Crippen LogP contribution is 2.38.